The fourth-order valence-electron chi connectivity index (χ4n) is 2.40. The van der Waals surface area contributed by atoms with Gasteiger partial charge in [0.15, 0.2) is 0 Å². The van der Waals surface area contributed by atoms with Crippen molar-refractivity contribution in [3.05, 3.63) is 30.1 Å². The van der Waals surface area contributed by atoms with Gasteiger partial charge in [-0.3, -0.25) is 4.79 Å². The number of fused-ring (bicyclic) bond motifs is 3. The molecule has 0 aromatic heterocycles. The van der Waals surface area contributed by atoms with E-state index in [0.717, 1.165) is 5.69 Å². The highest BCUT2D eigenvalue weighted by Gasteiger charge is 2.43. The molecule has 0 aliphatic carbocycles. The number of nitrogens with two attached hydrogens (primary N) is 1. The molecule has 0 unspecified atom stereocenters. The van der Waals surface area contributed by atoms with Gasteiger partial charge in [0.2, 0.25) is 0 Å². The van der Waals surface area contributed by atoms with E-state index in [1.807, 2.05) is 4.90 Å². The first-order chi connectivity index (χ1) is 9.86. The van der Waals surface area contributed by atoms with Crippen molar-refractivity contribution >= 4 is 17.3 Å². The number of nitrogens with zero attached hydrogens (tertiary/aromatic N) is 2. The van der Waals surface area contributed by atoms with Crippen molar-refractivity contribution < 1.29 is 22.7 Å². The summed E-state index contributed by atoms with van der Waals surface area (Å²) in [6.07, 6.45) is -3.68. The topological polar surface area (TPSA) is 58.8 Å². The molecule has 8 heteroatoms. The van der Waals surface area contributed by atoms with Crippen LogP contribution in [0.3, 0.4) is 0 Å². The fraction of sp³-hybridized carbons (Fsp3) is 0.308. The third kappa shape index (κ3) is 2.37. The monoisotopic (exact) mass is 299 g/mol. The molecule has 1 amide bonds. The van der Waals surface area contributed by atoms with Gasteiger partial charge < -0.3 is 20.3 Å². The van der Waals surface area contributed by atoms with Gasteiger partial charge >= 0.3 is 12.1 Å². The molecule has 0 bridgehead atoms. The van der Waals surface area contributed by atoms with Crippen LogP contribution in [0.2, 0.25) is 0 Å². The van der Waals surface area contributed by atoms with Crippen LogP contribution in [-0.4, -0.2) is 36.7 Å². The summed E-state index contributed by atoms with van der Waals surface area (Å²) in [5, 5.41) is 0. The number of halogens is 3. The normalized spacial score (nSPS) is 17.6. The Labute approximate surface area is 118 Å². The maximum atomic E-state index is 12.5. The summed E-state index contributed by atoms with van der Waals surface area (Å²) in [7, 11) is 0. The van der Waals surface area contributed by atoms with Gasteiger partial charge in [-0.05, 0) is 12.1 Å². The average molecular weight is 299 g/mol. The number of carbonyl (C=O) groups excluding carboxylic acids is 1. The summed E-state index contributed by atoms with van der Waals surface area (Å²) in [6, 6.07) is 5.11. The molecule has 0 atom stereocenters. The third-order valence-electron chi connectivity index (χ3n) is 3.37. The van der Waals surface area contributed by atoms with Gasteiger partial charge in [-0.1, -0.05) is 0 Å². The second-order valence-corrected chi connectivity index (χ2v) is 4.78. The van der Waals surface area contributed by atoms with Crippen LogP contribution in [0.15, 0.2) is 30.1 Å². The number of amides is 1. The summed E-state index contributed by atoms with van der Waals surface area (Å²) >= 11 is 0. The van der Waals surface area contributed by atoms with Gasteiger partial charge in [0.1, 0.15) is 12.4 Å². The Balaban J connectivity index is 1.90. The molecule has 0 spiro atoms. The van der Waals surface area contributed by atoms with Crippen LogP contribution in [0.25, 0.3) is 0 Å². The lowest BCUT2D eigenvalue weighted by Gasteiger charge is -2.39. The van der Waals surface area contributed by atoms with Crippen LogP contribution in [0, 0.1) is 0 Å². The lowest BCUT2D eigenvalue weighted by Crippen LogP contribution is -2.47. The van der Waals surface area contributed by atoms with E-state index in [1.165, 1.54) is 6.20 Å². The van der Waals surface area contributed by atoms with Crippen LogP contribution >= 0.6 is 0 Å². The van der Waals surface area contributed by atoms with Crippen molar-refractivity contribution in [2.24, 2.45) is 0 Å². The molecule has 0 saturated carbocycles. The SMILES string of the molecule is Nc1ccc2c(c1)OCC1=CN(C(=O)C(F)(F)F)CCN12. The third-order valence-corrected chi connectivity index (χ3v) is 3.37. The molecule has 2 N–H and O–H groups in total. The summed E-state index contributed by atoms with van der Waals surface area (Å²) in [4.78, 5) is 13.8. The summed E-state index contributed by atoms with van der Waals surface area (Å²) in [5.41, 5.74) is 7.46. The molecule has 21 heavy (non-hydrogen) atoms. The minimum Gasteiger partial charge on any atom is -0.485 e. The van der Waals surface area contributed by atoms with Crippen LogP contribution in [0.5, 0.6) is 5.75 Å². The number of hydrogen-bond acceptors (Lipinski definition) is 4. The predicted octanol–water partition coefficient (Wildman–Crippen LogP) is 1.71. The standard InChI is InChI=1S/C13H12F3N3O2/c14-13(15,16)12(20)18-3-4-19-9(6-18)7-21-11-5-8(17)1-2-10(11)19/h1-2,5-6H,3-4,7,17H2. The highest BCUT2D eigenvalue weighted by molar-refractivity contribution is 5.83. The minimum absolute atomic E-state index is 0.0361. The van der Waals surface area contributed by atoms with E-state index >= 15 is 0 Å². The summed E-state index contributed by atoms with van der Waals surface area (Å²) in [6.45, 7) is 0.331. The largest absolute Gasteiger partial charge is 0.485 e. The van der Waals surface area contributed by atoms with E-state index in [0.29, 0.717) is 22.0 Å². The Bertz CT molecular complexity index is 628. The van der Waals surface area contributed by atoms with Gasteiger partial charge in [-0.25, -0.2) is 0 Å². The zero-order valence-electron chi connectivity index (χ0n) is 10.9. The predicted molar refractivity (Wildman–Crippen MR) is 69.5 cm³/mol. The molecule has 0 fully saturated rings. The molecule has 1 aromatic carbocycles. The fourth-order valence-corrected chi connectivity index (χ4v) is 2.40. The smallest absolute Gasteiger partial charge is 0.471 e. The van der Waals surface area contributed by atoms with Crippen LogP contribution < -0.4 is 15.4 Å². The summed E-state index contributed by atoms with van der Waals surface area (Å²) < 4.78 is 42.9. The van der Waals surface area contributed by atoms with Gasteiger partial charge in [0, 0.05) is 31.0 Å². The Morgan fingerprint density at radius 1 is 1.29 bits per heavy atom. The average Bonchev–Trinajstić information content (AvgIpc) is 2.44. The molecule has 1 aromatic rings. The molecule has 2 heterocycles. The van der Waals surface area contributed by atoms with E-state index in [-0.39, 0.29) is 19.7 Å². The zero-order chi connectivity index (χ0) is 15.2. The number of anilines is 2. The highest BCUT2D eigenvalue weighted by Crippen LogP contribution is 2.38. The lowest BCUT2D eigenvalue weighted by molar-refractivity contribution is -0.182. The number of benzene rings is 1. The summed E-state index contributed by atoms with van der Waals surface area (Å²) in [5.74, 6) is -1.28. The lowest BCUT2D eigenvalue weighted by atomic mass is 10.1. The van der Waals surface area contributed by atoms with Crippen molar-refractivity contribution in [1.82, 2.24) is 4.90 Å². The molecule has 2 aliphatic heterocycles. The number of ether oxygens (including phenoxy) is 1. The maximum Gasteiger partial charge on any atom is 0.471 e. The van der Waals surface area contributed by atoms with Crippen LogP contribution in [-0.2, 0) is 4.79 Å². The first-order valence-electron chi connectivity index (χ1n) is 6.24. The van der Waals surface area contributed by atoms with Crippen molar-refractivity contribution in [2.75, 3.05) is 30.3 Å². The van der Waals surface area contributed by atoms with Crippen molar-refractivity contribution in [3.8, 4) is 5.75 Å². The number of rotatable bonds is 0. The Morgan fingerprint density at radius 3 is 2.76 bits per heavy atom. The van der Waals surface area contributed by atoms with Crippen LogP contribution in [0.1, 0.15) is 0 Å². The van der Waals surface area contributed by atoms with E-state index in [9.17, 15) is 18.0 Å². The molecular formula is C13H12F3N3O2. The number of carbonyl (C=O) groups is 1. The number of nitrogen functional groups attached to an aromatic ring is 1. The molecule has 0 saturated heterocycles. The molecule has 5 nitrogen and oxygen atoms in total. The highest BCUT2D eigenvalue weighted by atomic mass is 19.4. The molecule has 2 aliphatic rings. The van der Waals surface area contributed by atoms with E-state index < -0.39 is 12.1 Å². The minimum atomic E-state index is -4.87. The molecule has 0 radical (unpaired) electrons. The number of alkyl halides is 3. The van der Waals surface area contributed by atoms with Crippen LogP contribution in [0.4, 0.5) is 24.5 Å². The van der Waals surface area contributed by atoms with Gasteiger partial charge in [-0.15, -0.1) is 0 Å². The quantitative estimate of drug-likeness (QED) is 0.741. The first-order valence-corrected chi connectivity index (χ1v) is 6.24. The van der Waals surface area contributed by atoms with Gasteiger partial charge in [0.05, 0.1) is 11.4 Å². The molecule has 3 rings (SSSR count). The van der Waals surface area contributed by atoms with E-state index in [1.54, 1.807) is 18.2 Å². The Morgan fingerprint density at radius 2 is 2.05 bits per heavy atom. The Kier molecular flexibility index (Phi) is 2.96. The van der Waals surface area contributed by atoms with E-state index in [2.05, 4.69) is 0 Å². The van der Waals surface area contributed by atoms with Crippen molar-refractivity contribution in [1.29, 1.82) is 0 Å². The molecule has 112 valence electrons. The van der Waals surface area contributed by atoms with Gasteiger partial charge in [0.25, 0.3) is 0 Å². The van der Waals surface area contributed by atoms with Crippen molar-refractivity contribution in [3.63, 3.8) is 0 Å². The molecular weight excluding hydrogens is 287 g/mol. The first kappa shape index (κ1) is 13.6. The van der Waals surface area contributed by atoms with E-state index in [4.69, 9.17) is 10.5 Å². The number of hydrogen-bond donors (Lipinski definition) is 1. The van der Waals surface area contributed by atoms with Gasteiger partial charge in [-0.2, -0.15) is 13.2 Å². The maximum absolute atomic E-state index is 12.5. The van der Waals surface area contributed by atoms with Crippen molar-refractivity contribution in [2.45, 2.75) is 6.18 Å². The zero-order valence-corrected chi connectivity index (χ0v) is 10.9. The second kappa shape index (κ2) is 4.57. The second-order valence-electron chi connectivity index (χ2n) is 4.78. The Hall–Kier alpha value is -2.38.